The van der Waals surface area contributed by atoms with E-state index in [2.05, 4.69) is 61.9 Å². The van der Waals surface area contributed by atoms with E-state index in [9.17, 15) is 10.1 Å². The second kappa shape index (κ2) is 10.4. The van der Waals surface area contributed by atoms with Crippen LogP contribution in [0.2, 0.25) is 0 Å². The molecule has 0 saturated carbocycles. The van der Waals surface area contributed by atoms with Crippen LogP contribution in [-0.2, 0) is 9.53 Å². The summed E-state index contributed by atoms with van der Waals surface area (Å²) in [6.45, 7) is 11.6. The van der Waals surface area contributed by atoms with Crippen molar-refractivity contribution in [1.29, 1.82) is 5.26 Å². The second-order valence-electron chi connectivity index (χ2n) is 12.8. The number of amides is 1. The molecule has 2 aliphatic heterocycles. The third-order valence-electron chi connectivity index (χ3n) is 8.01. The first-order valence-corrected chi connectivity index (χ1v) is 14.3. The predicted octanol–water partition coefficient (Wildman–Crippen LogP) is 5.02. The van der Waals surface area contributed by atoms with E-state index >= 15 is 0 Å². The summed E-state index contributed by atoms with van der Waals surface area (Å²) < 4.78 is 9.47. The molecule has 0 aliphatic carbocycles. The number of pyridine rings is 1. The van der Waals surface area contributed by atoms with Crippen LogP contribution in [0.1, 0.15) is 77.1 Å². The average Bonchev–Trinajstić information content (AvgIpc) is 3.59. The molecule has 3 atom stereocenters. The topological polar surface area (TPSA) is 114 Å². The fourth-order valence-corrected chi connectivity index (χ4v) is 6.08. The number of ether oxygens (including phenoxy) is 1. The fourth-order valence-electron chi connectivity index (χ4n) is 6.08. The van der Waals surface area contributed by atoms with Gasteiger partial charge in [0.15, 0.2) is 0 Å². The van der Waals surface area contributed by atoms with E-state index in [1.54, 1.807) is 16.9 Å². The zero-order chi connectivity index (χ0) is 28.9. The van der Waals surface area contributed by atoms with Crippen molar-refractivity contribution in [2.45, 2.75) is 77.9 Å². The lowest BCUT2D eigenvalue weighted by Crippen LogP contribution is -2.59. The van der Waals surface area contributed by atoms with Crippen LogP contribution in [0.4, 0.5) is 0 Å². The van der Waals surface area contributed by atoms with Crippen LogP contribution < -0.4 is 0 Å². The Morgan fingerprint density at radius 1 is 1.07 bits per heavy atom. The van der Waals surface area contributed by atoms with Gasteiger partial charge in [0, 0.05) is 47.6 Å². The number of hydrogen-bond donors (Lipinski definition) is 0. The molecule has 0 spiro atoms. The second-order valence-corrected chi connectivity index (χ2v) is 12.8. The first kappa shape index (κ1) is 27.1. The maximum atomic E-state index is 13.2. The molecule has 0 aromatic carbocycles. The van der Waals surface area contributed by atoms with Crippen LogP contribution in [0.25, 0.3) is 28.0 Å². The predicted molar refractivity (Wildman–Crippen MR) is 154 cm³/mol. The standard InChI is InChI=1S/C31H36N8O2/c1-19(2)37-15-23(14-34-37)27-16-38-30(22(11-32)13-35-38)29(36-27)20-6-7-26(33-12-20)21-8-24-17-41-18-25(9-21)39(24)28(40)10-31(3,4)5/h6-7,12-16,19,21,24-25H,8-10,17-18H2,1-5H3/t21?,24-,25+. The lowest BCUT2D eigenvalue weighted by molar-refractivity contribution is -0.153. The van der Waals surface area contributed by atoms with Crippen molar-refractivity contribution in [1.82, 2.24) is 34.3 Å². The van der Waals surface area contributed by atoms with Crippen LogP contribution in [0.5, 0.6) is 0 Å². The van der Waals surface area contributed by atoms with Crippen molar-refractivity contribution in [2.24, 2.45) is 5.41 Å². The third-order valence-corrected chi connectivity index (χ3v) is 8.01. The Labute approximate surface area is 240 Å². The summed E-state index contributed by atoms with van der Waals surface area (Å²) in [5, 5.41) is 18.7. The van der Waals surface area contributed by atoms with E-state index in [4.69, 9.17) is 14.7 Å². The van der Waals surface area contributed by atoms with Crippen LogP contribution in [0, 0.1) is 16.7 Å². The van der Waals surface area contributed by atoms with Gasteiger partial charge in [-0.05, 0) is 44.2 Å². The van der Waals surface area contributed by atoms with E-state index < -0.39 is 0 Å². The number of carbonyl (C=O) groups is 1. The molecule has 1 amide bonds. The highest BCUT2D eigenvalue weighted by molar-refractivity contribution is 5.83. The van der Waals surface area contributed by atoms with Crippen molar-refractivity contribution in [3.8, 4) is 28.6 Å². The van der Waals surface area contributed by atoms with Gasteiger partial charge in [0.05, 0.1) is 55.3 Å². The molecule has 2 fully saturated rings. The summed E-state index contributed by atoms with van der Waals surface area (Å²) in [6.07, 6.45) is 11.2. The molecule has 0 radical (unpaired) electrons. The molecule has 4 aromatic heterocycles. The van der Waals surface area contributed by atoms with Gasteiger partial charge in [0.25, 0.3) is 0 Å². The molecule has 212 valence electrons. The Morgan fingerprint density at radius 2 is 1.83 bits per heavy atom. The first-order valence-electron chi connectivity index (χ1n) is 14.3. The molecule has 6 heterocycles. The smallest absolute Gasteiger partial charge is 0.223 e. The summed E-state index contributed by atoms with van der Waals surface area (Å²) >= 11 is 0. The van der Waals surface area contributed by atoms with E-state index in [-0.39, 0.29) is 35.4 Å². The lowest BCUT2D eigenvalue weighted by atomic mass is 9.81. The molecule has 2 aliphatic rings. The van der Waals surface area contributed by atoms with Crippen molar-refractivity contribution < 1.29 is 9.53 Å². The Balaban J connectivity index is 1.30. The van der Waals surface area contributed by atoms with Gasteiger partial charge in [-0.3, -0.25) is 14.5 Å². The van der Waals surface area contributed by atoms with Gasteiger partial charge in [0.1, 0.15) is 17.1 Å². The van der Waals surface area contributed by atoms with Crippen LogP contribution >= 0.6 is 0 Å². The van der Waals surface area contributed by atoms with Gasteiger partial charge in [-0.25, -0.2) is 9.50 Å². The van der Waals surface area contributed by atoms with Crippen molar-refractivity contribution in [2.75, 3.05) is 13.2 Å². The van der Waals surface area contributed by atoms with Crippen molar-refractivity contribution in [3.05, 3.63) is 54.4 Å². The maximum absolute atomic E-state index is 13.2. The molecule has 2 bridgehead atoms. The summed E-state index contributed by atoms with van der Waals surface area (Å²) in [5.41, 5.74) is 5.13. The van der Waals surface area contributed by atoms with Crippen molar-refractivity contribution in [3.63, 3.8) is 0 Å². The van der Waals surface area contributed by atoms with Crippen LogP contribution in [-0.4, -0.2) is 65.5 Å². The lowest BCUT2D eigenvalue weighted by Gasteiger charge is -2.49. The minimum atomic E-state index is -0.0485. The molecule has 10 heteroatoms. The quantitative estimate of drug-likeness (QED) is 0.342. The monoisotopic (exact) mass is 552 g/mol. The minimum absolute atomic E-state index is 0.0485. The number of fused-ring (bicyclic) bond motifs is 3. The number of hydrogen-bond acceptors (Lipinski definition) is 7. The largest absolute Gasteiger partial charge is 0.377 e. The molecule has 41 heavy (non-hydrogen) atoms. The fraction of sp³-hybridized carbons (Fsp3) is 0.484. The molecule has 6 rings (SSSR count). The molecule has 10 nitrogen and oxygen atoms in total. The van der Waals surface area contributed by atoms with Gasteiger partial charge in [-0.15, -0.1) is 0 Å². The summed E-state index contributed by atoms with van der Waals surface area (Å²) in [7, 11) is 0. The van der Waals surface area contributed by atoms with E-state index in [1.165, 1.54) is 0 Å². The minimum Gasteiger partial charge on any atom is -0.377 e. The molecular weight excluding hydrogens is 516 g/mol. The van der Waals surface area contributed by atoms with Crippen LogP contribution in [0.15, 0.2) is 43.1 Å². The Bertz CT molecular complexity index is 1610. The van der Waals surface area contributed by atoms with Gasteiger partial charge < -0.3 is 9.64 Å². The molecule has 2 saturated heterocycles. The number of piperidine rings is 1. The summed E-state index contributed by atoms with van der Waals surface area (Å²) in [5.74, 6) is 0.466. The zero-order valence-electron chi connectivity index (χ0n) is 24.3. The first-order chi connectivity index (χ1) is 19.6. The van der Waals surface area contributed by atoms with Gasteiger partial charge in [-0.1, -0.05) is 20.8 Å². The highest BCUT2D eigenvalue weighted by Gasteiger charge is 2.42. The maximum Gasteiger partial charge on any atom is 0.223 e. The number of rotatable bonds is 5. The molecule has 0 N–H and O–H groups in total. The Morgan fingerprint density at radius 3 is 2.44 bits per heavy atom. The Kier molecular flexibility index (Phi) is 6.86. The van der Waals surface area contributed by atoms with Gasteiger partial charge in [0.2, 0.25) is 5.91 Å². The number of nitriles is 1. The highest BCUT2D eigenvalue weighted by Crippen LogP contribution is 2.39. The SMILES string of the molecule is CC(C)n1cc(-c2cn3ncc(C#N)c3c(-c3ccc(C4C[C@H]5COC[C@@H](C4)N5C(=O)CC(C)(C)C)nc3)n2)cn1. The highest BCUT2D eigenvalue weighted by atomic mass is 16.5. The van der Waals surface area contributed by atoms with Crippen molar-refractivity contribution >= 4 is 11.4 Å². The summed E-state index contributed by atoms with van der Waals surface area (Å²) in [4.78, 5) is 25.2. The number of morpholine rings is 1. The molecule has 4 aromatic rings. The third kappa shape index (κ3) is 5.22. The van der Waals surface area contributed by atoms with Gasteiger partial charge in [-0.2, -0.15) is 15.5 Å². The average molecular weight is 553 g/mol. The number of carbonyl (C=O) groups excluding carboxylic acids is 1. The van der Waals surface area contributed by atoms with Crippen LogP contribution in [0.3, 0.4) is 0 Å². The van der Waals surface area contributed by atoms with Gasteiger partial charge >= 0.3 is 0 Å². The molecule has 1 unspecified atom stereocenters. The van der Waals surface area contributed by atoms with E-state index in [0.29, 0.717) is 36.4 Å². The zero-order valence-corrected chi connectivity index (χ0v) is 24.3. The van der Waals surface area contributed by atoms with E-state index in [1.807, 2.05) is 29.3 Å². The molecular formula is C31H36N8O2. The normalized spacial score (nSPS) is 20.9. The Hall–Kier alpha value is -4.10. The number of nitrogens with zero attached hydrogens (tertiary/aromatic N) is 8. The summed E-state index contributed by atoms with van der Waals surface area (Å²) in [6, 6.07) is 6.71. The number of aromatic nitrogens is 6. The van der Waals surface area contributed by atoms with E-state index in [0.717, 1.165) is 35.4 Å².